The molecule has 0 amide bonds. The predicted molar refractivity (Wildman–Crippen MR) is 105 cm³/mol. The normalized spacial score (nSPS) is 52.3. The largest absolute Gasteiger partial charge is 0.393 e. The van der Waals surface area contributed by atoms with E-state index in [-0.39, 0.29) is 6.10 Å². The van der Waals surface area contributed by atoms with Gasteiger partial charge in [-0.1, -0.05) is 33.6 Å². The van der Waals surface area contributed by atoms with Crippen LogP contribution in [0.4, 0.5) is 0 Å². The summed E-state index contributed by atoms with van der Waals surface area (Å²) in [5, 5.41) is 10.2. The van der Waals surface area contributed by atoms with Gasteiger partial charge in [-0.25, -0.2) is 0 Å². The number of hydrogen-bond donors (Lipinski definition) is 1. The van der Waals surface area contributed by atoms with Crippen LogP contribution in [-0.4, -0.2) is 11.2 Å². The van der Waals surface area contributed by atoms with Gasteiger partial charge in [0.2, 0.25) is 0 Å². The summed E-state index contributed by atoms with van der Waals surface area (Å²) in [5.41, 5.74) is 1.25. The van der Waals surface area contributed by atoms with Crippen LogP contribution in [0.25, 0.3) is 0 Å². The summed E-state index contributed by atoms with van der Waals surface area (Å²) in [6.45, 7) is 7.51. The zero-order chi connectivity index (χ0) is 17.7. The minimum Gasteiger partial charge on any atom is -0.393 e. The highest BCUT2D eigenvalue weighted by molar-refractivity contribution is 5.10. The van der Waals surface area contributed by atoms with Crippen LogP contribution in [0.15, 0.2) is 0 Å². The van der Waals surface area contributed by atoms with E-state index in [0.717, 1.165) is 42.4 Å². The van der Waals surface area contributed by atoms with Gasteiger partial charge in [0.25, 0.3) is 0 Å². The summed E-state index contributed by atoms with van der Waals surface area (Å²) in [6, 6.07) is 0. The Hall–Kier alpha value is -0.0400. The van der Waals surface area contributed by atoms with Crippen LogP contribution in [0.3, 0.4) is 0 Å². The first-order valence-corrected chi connectivity index (χ1v) is 11.7. The van der Waals surface area contributed by atoms with Crippen LogP contribution in [0.1, 0.15) is 104 Å². The minimum atomic E-state index is -0.00199. The molecule has 4 saturated carbocycles. The van der Waals surface area contributed by atoms with E-state index >= 15 is 0 Å². The van der Waals surface area contributed by atoms with Gasteiger partial charge in [0.1, 0.15) is 0 Å². The Morgan fingerprint density at radius 3 is 2.52 bits per heavy atom. The average molecular weight is 347 g/mol. The van der Waals surface area contributed by atoms with Gasteiger partial charge in [0.05, 0.1) is 6.10 Å². The second kappa shape index (κ2) is 6.84. The van der Waals surface area contributed by atoms with Crippen molar-refractivity contribution >= 4 is 0 Å². The van der Waals surface area contributed by atoms with Gasteiger partial charge in [-0.15, -0.1) is 0 Å². The second-order valence-corrected chi connectivity index (χ2v) is 10.6. The third-order valence-corrected chi connectivity index (χ3v) is 10.1. The summed E-state index contributed by atoms with van der Waals surface area (Å²) in [5.74, 6) is 4.85. The molecule has 4 aliphatic rings. The molecule has 0 aromatic carbocycles. The summed E-state index contributed by atoms with van der Waals surface area (Å²) in [6.07, 6.45) is 18.2. The van der Waals surface area contributed by atoms with Crippen molar-refractivity contribution in [2.24, 2.45) is 40.4 Å². The van der Waals surface area contributed by atoms with Crippen molar-refractivity contribution in [3.05, 3.63) is 0 Å². The molecule has 4 fully saturated rings. The lowest BCUT2D eigenvalue weighted by Gasteiger charge is -2.61. The number of aliphatic hydroxyl groups is 1. The highest BCUT2D eigenvalue weighted by Gasteiger charge is 2.60. The maximum Gasteiger partial charge on any atom is 0.0543 e. The number of hydrogen-bond acceptors (Lipinski definition) is 1. The van der Waals surface area contributed by atoms with E-state index < -0.39 is 0 Å². The fourth-order valence-electron chi connectivity index (χ4n) is 8.76. The fraction of sp³-hybridized carbons (Fsp3) is 1.00. The SMILES string of the molecule is CCCCC1CCC2C3CCC4CC(O)CCC4(C)C3CCC12CC. The molecule has 1 nitrogen and oxygen atoms in total. The first kappa shape index (κ1) is 18.3. The van der Waals surface area contributed by atoms with Crippen molar-refractivity contribution in [2.45, 2.75) is 110 Å². The van der Waals surface area contributed by atoms with E-state index in [1.807, 2.05) is 0 Å². The first-order chi connectivity index (χ1) is 12.0. The molecule has 0 radical (unpaired) electrons. The molecule has 4 aliphatic carbocycles. The molecule has 4 rings (SSSR count). The molecular weight excluding hydrogens is 304 g/mol. The van der Waals surface area contributed by atoms with Gasteiger partial charge in [-0.05, 0) is 111 Å². The average Bonchev–Trinajstić information content (AvgIpc) is 2.99. The molecule has 0 spiro atoms. The summed E-state index contributed by atoms with van der Waals surface area (Å²) < 4.78 is 0. The maximum absolute atomic E-state index is 10.2. The minimum absolute atomic E-state index is 0.00199. The summed E-state index contributed by atoms with van der Waals surface area (Å²) >= 11 is 0. The smallest absolute Gasteiger partial charge is 0.0543 e. The second-order valence-electron chi connectivity index (χ2n) is 10.6. The van der Waals surface area contributed by atoms with Gasteiger partial charge in [0.15, 0.2) is 0 Å². The van der Waals surface area contributed by atoms with Crippen molar-refractivity contribution in [3.63, 3.8) is 0 Å². The van der Waals surface area contributed by atoms with Crippen LogP contribution >= 0.6 is 0 Å². The molecule has 0 heterocycles. The monoisotopic (exact) mass is 346 g/mol. The zero-order valence-electron chi connectivity index (χ0n) is 17.1. The Labute approximate surface area is 156 Å². The lowest BCUT2D eigenvalue weighted by atomic mass is 9.44. The first-order valence-electron chi connectivity index (χ1n) is 11.7. The molecule has 144 valence electrons. The standard InChI is InChI=1S/C24H42O/c1-4-6-7-17-9-11-22-20-10-8-18-16-19(25)12-14-23(18,3)21(20)13-15-24(17,22)5-2/h17-22,25H,4-16H2,1-3H3. The van der Waals surface area contributed by atoms with E-state index in [0.29, 0.717) is 10.8 Å². The molecule has 8 atom stereocenters. The van der Waals surface area contributed by atoms with Gasteiger partial charge in [0, 0.05) is 0 Å². The maximum atomic E-state index is 10.2. The van der Waals surface area contributed by atoms with Crippen LogP contribution in [-0.2, 0) is 0 Å². The lowest BCUT2D eigenvalue weighted by Crippen LogP contribution is -2.54. The van der Waals surface area contributed by atoms with Crippen molar-refractivity contribution in [1.82, 2.24) is 0 Å². The molecule has 0 aromatic rings. The van der Waals surface area contributed by atoms with E-state index in [1.54, 1.807) is 0 Å². The number of rotatable bonds is 4. The van der Waals surface area contributed by atoms with E-state index in [4.69, 9.17) is 0 Å². The lowest BCUT2D eigenvalue weighted by molar-refractivity contribution is -0.131. The number of unbranched alkanes of at least 4 members (excludes halogenated alkanes) is 1. The van der Waals surface area contributed by atoms with Crippen LogP contribution < -0.4 is 0 Å². The molecule has 1 heteroatoms. The predicted octanol–water partition coefficient (Wildman–Crippen LogP) is 6.59. The molecule has 1 N–H and O–H groups in total. The Bertz CT molecular complexity index is 473. The van der Waals surface area contributed by atoms with E-state index in [2.05, 4.69) is 20.8 Å². The quantitative estimate of drug-likeness (QED) is 0.609. The molecule has 0 aliphatic heterocycles. The molecule has 0 saturated heterocycles. The van der Waals surface area contributed by atoms with Crippen molar-refractivity contribution in [3.8, 4) is 0 Å². The molecule has 0 bridgehead atoms. The zero-order valence-corrected chi connectivity index (χ0v) is 17.1. The molecule has 25 heavy (non-hydrogen) atoms. The van der Waals surface area contributed by atoms with Crippen molar-refractivity contribution in [2.75, 3.05) is 0 Å². The number of fused-ring (bicyclic) bond motifs is 5. The highest BCUT2D eigenvalue weighted by atomic mass is 16.3. The Balaban J connectivity index is 1.57. The van der Waals surface area contributed by atoms with Crippen LogP contribution in [0.2, 0.25) is 0 Å². The van der Waals surface area contributed by atoms with E-state index in [9.17, 15) is 5.11 Å². The molecule has 8 unspecified atom stereocenters. The topological polar surface area (TPSA) is 20.2 Å². The summed E-state index contributed by atoms with van der Waals surface area (Å²) in [4.78, 5) is 0. The van der Waals surface area contributed by atoms with E-state index in [1.165, 1.54) is 70.6 Å². The van der Waals surface area contributed by atoms with Gasteiger partial charge in [-0.2, -0.15) is 0 Å². The van der Waals surface area contributed by atoms with Crippen molar-refractivity contribution < 1.29 is 5.11 Å². The van der Waals surface area contributed by atoms with Gasteiger partial charge in [-0.3, -0.25) is 0 Å². The Kier molecular flexibility index (Phi) is 5.02. The third-order valence-electron chi connectivity index (χ3n) is 10.1. The van der Waals surface area contributed by atoms with Crippen molar-refractivity contribution in [1.29, 1.82) is 0 Å². The fourth-order valence-corrected chi connectivity index (χ4v) is 8.76. The Morgan fingerprint density at radius 1 is 0.920 bits per heavy atom. The highest BCUT2D eigenvalue weighted by Crippen LogP contribution is 2.68. The Morgan fingerprint density at radius 2 is 1.76 bits per heavy atom. The summed E-state index contributed by atoms with van der Waals surface area (Å²) in [7, 11) is 0. The van der Waals surface area contributed by atoms with Gasteiger partial charge < -0.3 is 5.11 Å². The van der Waals surface area contributed by atoms with Crippen LogP contribution in [0, 0.1) is 40.4 Å². The third kappa shape index (κ3) is 2.74. The van der Waals surface area contributed by atoms with Gasteiger partial charge >= 0.3 is 0 Å². The molecular formula is C24H42O. The molecule has 0 aromatic heterocycles. The van der Waals surface area contributed by atoms with Crippen LogP contribution in [0.5, 0.6) is 0 Å². The number of aliphatic hydroxyl groups excluding tert-OH is 1.